The predicted octanol–water partition coefficient (Wildman–Crippen LogP) is -1.47. The minimum atomic E-state index is -0.281. The fourth-order valence-corrected chi connectivity index (χ4v) is 0.528. The van der Waals surface area contributed by atoms with Gasteiger partial charge in [0.15, 0.2) is 5.82 Å². The lowest BCUT2D eigenvalue weighted by Crippen LogP contribution is -2.06. The van der Waals surface area contributed by atoms with Crippen molar-refractivity contribution in [2.45, 2.75) is 6.61 Å². The molecule has 1 heterocycles. The van der Waals surface area contributed by atoms with Gasteiger partial charge in [0, 0.05) is 0 Å². The van der Waals surface area contributed by atoms with Crippen LogP contribution < -0.4 is 11.5 Å². The maximum Gasteiger partial charge on any atom is 0.225 e. The highest BCUT2D eigenvalue weighted by atomic mass is 16.3. The van der Waals surface area contributed by atoms with Crippen LogP contribution in [0.2, 0.25) is 0 Å². The van der Waals surface area contributed by atoms with Gasteiger partial charge in [-0.1, -0.05) is 0 Å². The average Bonchev–Trinajstić information content (AvgIpc) is 1.85. The van der Waals surface area contributed by atoms with Crippen LogP contribution in [0.3, 0.4) is 0 Å². The van der Waals surface area contributed by atoms with Gasteiger partial charge in [-0.2, -0.15) is 15.0 Å². The molecule has 0 radical (unpaired) electrons. The summed E-state index contributed by atoms with van der Waals surface area (Å²) in [5.74, 6) is 0.234. The molecule has 0 aromatic carbocycles. The zero-order valence-corrected chi connectivity index (χ0v) is 5.15. The van der Waals surface area contributed by atoms with Crippen molar-refractivity contribution in [3.63, 3.8) is 0 Å². The third kappa shape index (κ3) is 1.29. The van der Waals surface area contributed by atoms with Gasteiger partial charge in [0.2, 0.25) is 11.9 Å². The van der Waals surface area contributed by atoms with Crippen LogP contribution in [0, 0.1) is 0 Å². The highest BCUT2D eigenvalue weighted by molar-refractivity contribution is 5.25. The number of aromatic nitrogens is 3. The minimum absolute atomic E-state index is 0.0246. The molecule has 0 aliphatic carbocycles. The van der Waals surface area contributed by atoms with Crippen molar-refractivity contribution < 1.29 is 5.11 Å². The van der Waals surface area contributed by atoms with Crippen molar-refractivity contribution >= 4 is 11.9 Å². The van der Waals surface area contributed by atoms with E-state index in [1.54, 1.807) is 0 Å². The summed E-state index contributed by atoms with van der Waals surface area (Å²) < 4.78 is 0. The smallest absolute Gasteiger partial charge is 0.225 e. The number of nitrogens with zero attached hydrogens (tertiary/aromatic N) is 3. The number of hydrogen-bond acceptors (Lipinski definition) is 6. The lowest BCUT2D eigenvalue weighted by Gasteiger charge is -1.96. The predicted molar refractivity (Wildman–Crippen MR) is 34.6 cm³/mol. The molecule has 10 heavy (non-hydrogen) atoms. The summed E-state index contributed by atoms with van der Waals surface area (Å²) in [6.45, 7) is -0.281. The van der Waals surface area contributed by atoms with Gasteiger partial charge in [0.25, 0.3) is 0 Å². The van der Waals surface area contributed by atoms with Gasteiger partial charge < -0.3 is 16.6 Å². The fourth-order valence-electron chi connectivity index (χ4n) is 0.528. The second-order valence-electron chi connectivity index (χ2n) is 1.63. The van der Waals surface area contributed by atoms with Gasteiger partial charge in [-0.15, -0.1) is 0 Å². The Labute approximate surface area is 56.9 Å². The Morgan fingerprint density at radius 1 is 1.10 bits per heavy atom. The fraction of sp³-hybridized carbons (Fsp3) is 0.250. The zero-order chi connectivity index (χ0) is 7.56. The van der Waals surface area contributed by atoms with Crippen molar-refractivity contribution in [1.29, 1.82) is 0 Å². The normalized spacial score (nSPS) is 9.70. The van der Waals surface area contributed by atoms with E-state index in [4.69, 9.17) is 16.6 Å². The molecular formula is C4H7N5O. The summed E-state index contributed by atoms with van der Waals surface area (Å²) >= 11 is 0. The first kappa shape index (κ1) is 6.69. The van der Waals surface area contributed by atoms with Gasteiger partial charge in [-0.3, -0.25) is 0 Å². The second kappa shape index (κ2) is 2.44. The monoisotopic (exact) mass is 141 g/mol. The van der Waals surface area contributed by atoms with E-state index in [9.17, 15) is 0 Å². The Morgan fingerprint density at radius 2 is 1.60 bits per heavy atom. The maximum absolute atomic E-state index is 8.52. The van der Waals surface area contributed by atoms with E-state index < -0.39 is 0 Å². The van der Waals surface area contributed by atoms with Gasteiger partial charge in [0.1, 0.15) is 6.61 Å². The van der Waals surface area contributed by atoms with Gasteiger partial charge >= 0.3 is 0 Å². The van der Waals surface area contributed by atoms with Crippen molar-refractivity contribution in [1.82, 2.24) is 15.0 Å². The SMILES string of the molecule is Nc1nc(N)nc(CO)n1. The molecule has 0 atom stereocenters. The summed E-state index contributed by atoms with van der Waals surface area (Å²) in [7, 11) is 0. The first-order valence-electron chi connectivity index (χ1n) is 2.59. The second-order valence-corrected chi connectivity index (χ2v) is 1.63. The minimum Gasteiger partial charge on any atom is -0.388 e. The average molecular weight is 141 g/mol. The number of nitrogens with two attached hydrogens (primary N) is 2. The molecular weight excluding hydrogens is 134 g/mol. The quantitative estimate of drug-likeness (QED) is 0.440. The van der Waals surface area contributed by atoms with Gasteiger partial charge in [-0.05, 0) is 0 Å². The molecule has 5 N–H and O–H groups in total. The Bertz CT molecular complexity index is 217. The van der Waals surface area contributed by atoms with E-state index in [1.165, 1.54) is 0 Å². The molecule has 0 amide bonds. The first-order valence-corrected chi connectivity index (χ1v) is 2.59. The number of rotatable bonds is 1. The molecule has 6 heteroatoms. The van der Waals surface area contributed by atoms with Crippen LogP contribution in [0.15, 0.2) is 0 Å². The molecule has 1 aromatic rings. The van der Waals surface area contributed by atoms with E-state index in [-0.39, 0.29) is 24.3 Å². The number of aliphatic hydroxyl groups is 1. The van der Waals surface area contributed by atoms with Crippen LogP contribution in [0.25, 0.3) is 0 Å². The van der Waals surface area contributed by atoms with E-state index in [1.807, 2.05) is 0 Å². The largest absolute Gasteiger partial charge is 0.388 e. The van der Waals surface area contributed by atoms with E-state index >= 15 is 0 Å². The van der Waals surface area contributed by atoms with E-state index in [0.717, 1.165) is 0 Å². The Morgan fingerprint density at radius 3 is 2.00 bits per heavy atom. The van der Waals surface area contributed by atoms with Crippen molar-refractivity contribution in [3.05, 3.63) is 5.82 Å². The van der Waals surface area contributed by atoms with Crippen LogP contribution in [0.4, 0.5) is 11.9 Å². The Hall–Kier alpha value is -1.43. The van der Waals surface area contributed by atoms with Crippen molar-refractivity contribution in [2.75, 3.05) is 11.5 Å². The lowest BCUT2D eigenvalue weighted by molar-refractivity contribution is 0.271. The molecule has 0 spiro atoms. The van der Waals surface area contributed by atoms with Crippen molar-refractivity contribution in [3.8, 4) is 0 Å². The van der Waals surface area contributed by atoms with Crippen molar-refractivity contribution in [2.24, 2.45) is 0 Å². The summed E-state index contributed by atoms with van der Waals surface area (Å²) in [5.41, 5.74) is 10.4. The topological polar surface area (TPSA) is 111 Å². The molecule has 1 rings (SSSR count). The molecule has 0 aliphatic rings. The third-order valence-corrected chi connectivity index (χ3v) is 0.858. The molecule has 54 valence electrons. The van der Waals surface area contributed by atoms with Crippen LogP contribution in [-0.2, 0) is 6.61 Å². The van der Waals surface area contributed by atoms with Crippen LogP contribution in [0.5, 0.6) is 0 Å². The molecule has 0 saturated heterocycles. The van der Waals surface area contributed by atoms with Crippen LogP contribution >= 0.6 is 0 Å². The number of hydrogen-bond donors (Lipinski definition) is 3. The van der Waals surface area contributed by atoms with E-state index in [2.05, 4.69) is 15.0 Å². The Balaban J connectivity index is 3.06. The summed E-state index contributed by atoms with van der Waals surface area (Å²) in [6.07, 6.45) is 0. The molecule has 0 bridgehead atoms. The lowest BCUT2D eigenvalue weighted by atomic mass is 10.6. The van der Waals surface area contributed by atoms with Crippen LogP contribution in [0.1, 0.15) is 5.82 Å². The number of nitrogen functional groups attached to an aromatic ring is 2. The number of anilines is 2. The van der Waals surface area contributed by atoms with E-state index in [0.29, 0.717) is 0 Å². The van der Waals surface area contributed by atoms with Crippen LogP contribution in [-0.4, -0.2) is 20.1 Å². The third-order valence-electron chi connectivity index (χ3n) is 0.858. The highest BCUT2D eigenvalue weighted by Gasteiger charge is 1.97. The standard InChI is InChI=1S/C4H7N5O/c5-3-7-2(1-10)8-4(6)9-3/h10H,1H2,(H4,5,6,7,8,9). The summed E-state index contributed by atoms with van der Waals surface area (Å²) in [5, 5.41) is 8.52. The molecule has 1 aromatic heterocycles. The maximum atomic E-state index is 8.52. The molecule has 6 nitrogen and oxygen atoms in total. The first-order chi connectivity index (χ1) is 4.72. The molecule has 0 aliphatic heterocycles. The Kier molecular flexibility index (Phi) is 1.63. The van der Waals surface area contributed by atoms with Gasteiger partial charge in [-0.25, -0.2) is 0 Å². The summed E-state index contributed by atoms with van der Waals surface area (Å²) in [4.78, 5) is 10.7. The molecule has 0 fully saturated rings. The summed E-state index contributed by atoms with van der Waals surface area (Å²) in [6, 6.07) is 0. The number of aliphatic hydroxyl groups excluding tert-OH is 1. The highest BCUT2D eigenvalue weighted by Crippen LogP contribution is 1.96. The molecule has 0 saturated carbocycles. The molecule has 0 unspecified atom stereocenters. The zero-order valence-electron chi connectivity index (χ0n) is 5.15. The van der Waals surface area contributed by atoms with Gasteiger partial charge in [0.05, 0.1) is 0 Å².